The molecule has 0 radical (unpaired) electrons. The van der Waals surface area contributed by atoms with Crippen molar-refractivity contribution in [1.82, 2.24) is 9.80 Å². The average molecular weight is 306 g/mol. The van der Waals surface area contributed by atoms with E-state index in [-0.39, 0.29) is 23.5 Å². The monoisotopic (exact) mass is 306 g/mol. The molecule has 1 aromatic carbocycles. The maximum absolute atomic E-state index is 12.9. The summed E-state index contributed by atoms with van der Waals surface area (Å²) in [6, 6.07) is 6.35. The van der Waals surface area contributed by atoms with Crippen LogP contribution in [-0.2, 0) is 16.0 Å². The van der Waals surface area contributed by atoms with E-state index in [1.807, 2.05) is 0 Å². The van der Waals surface area contributed by atoms with Gasteiger partial charge in [-0.3, -0.25) is 9.59 Å². The molecule has 120 valence electrons. The Morgan fingerprint density at radius 2 is 2.00 bits per heavy atom. The number of carbonyl (C=O) groups excluding carboxylic acids is 2. The minimum Gasteiger partial charge on any atom is -0.345 e. The summed E-state index contributed by atoms with van der Waals surface area (Å²) in [6.45, 7) is 3.42. The van der Waals surface area contributed by atoms with Gasteiger partial charge >= 0.3 is 0 Å². The summed E-state index contributed by atoms with van der Waals surface area (Å²) in [4.78, 5) is 27.4. The lowest BCUT2D eigenvalue weighted by atomic mass is 9.96. The first kappa shape index (κ1) is 16.5. The normalized spacial score (nSPS) is 18.1. The second-order valence-electron chi connectivity index (χ2n) is 5.94. The number of halogens is 1. The van der Waals surface area contributed by atoms with Gasteiger partial charge in [-0.25, -0.2) is 4.39 Å². The van der Waals surface area contributed by atoms with Crippen molar-refractivity contribution in [2.45, 2.75) is 26.2 Å². The molecule has 0 bridgehead atoms. The lowest BCUT2D eigenvalue weighted by Crippen LogP contribution is -2.45. The predicted octanol–water partition coefficient (Wildman–Crippen LogP) is 2.09. The largest absolute Gasteiger partial charge is 0.345 e. The van der Waals surface area contributed by atoms with E-state index in [1.165, 1.54) is 12.1 Å². The van der Waals surface area contributed by atoms with Crippen LogP contribution >= 0.6 is 0 Å². The van der Waals surface area contributed by atoms with Crippen LogP contribution < -0.4 is 0 Å². The summed E-state index contributed by atoms with van der Waals surface area (Å²) in [6.07, 6.45) is 2.41. The van der Waals surface area contributed by atoms with Crippen LogP contribution in [0, 0.1) is 11.7 Å². The van der Waals surface area contributed by atoms with Gasteiger partial charge in [0.2, 0.25) is 11.8 Å². The summed E-state index contributed by atoms with van der Waals surface area (Å²) in [5.74, 6) is -0.227. The summed E-state index contributed by atoms with van der Waals surface area (Å²) in [7, 11) is 1.79. The zero-order valence-electron chi connectivity index (χ0n) is 13.2. The van der Waals surface area contributed by atoms with Gasteiger partial charge in [-0.05, 0) is 37.0 Å². The molecule has 1 atom stereocenters. The lowest BCUT2D eigenvalue weighted by molar-refractivity contribution is -0.139. The van der Waals surface area contributed by atoms with E-state index in [0.717, 1.165) is 24.9 Å². The van der Waals surface area contributed by atoms with E-state index >= 15 is 0 Å². The number of likely N-dealkylation sites (tertiary alicyclic amines) is 1. The molecule has 1 aliphatic heterocycles. The third kappa shape index (κ3) is 4.29. The van der Waals surface area contributed by atoms with Gasteiger partial charge in [-0.15, -0.1) is 0 Å². The number of carbonyl (C=O) groups is 2. The smallest absolute Gasteiger partial charge is 0.227 e. The second-order valence-corrected chi connectivity index (χ2v) is 5.94. The Bertz CT molecular complexity index is 530. The third-order valence-electron chi connectivity index (χ3n) is 4.24. The van der Waals surface area contributed by atoms with E-state index in [9.17, 15) is 14.0 Å². The predicted molar refractivity (Wildman–Crippen MR) is 82.7 cm³/mol. The average Bonchev–Trinajstić information content (AvgIpc) is 2.53. The fraction of sp³-hybridized carbons (Fsp3) is 0.529. The summed E-state index contributed by atoms with van der Waals surface area (Å²) < 4.78 is 12.9. The molecular formula is C17H23FN2O2. The first-order valence-electron chi connectivity index (χ1n) is 7.72. The standard InChI is InChI=1S/C17H23FN2O2/c1-13(21)20-10-3-4-15(12-20)17(22)19(2)11-9-14-5-7-16(18)8-6-14/h5-8,15H,3-4,9-12H2,1-2H3/t15-/m1/s1. The number of likely N-dealkylation sites (N-methyl/N-ethyl adjacent to an activating group) is 1. The molecule has 1 fully saturated rings. The minimum atomic E-state index is -0.250. The molecule has 4 nitrogen and oxygen atoms in total. The molecule has 0 aliphatic carbocycles. The van der Waals surface area contributed by atoms with Crippen LogP contribution in [0.5, 0.6) is 0 Å². The second kappa shape index (κ2) is 7.38. The van der Waals surface area contributed by atoms with Crippen molar-refractivity contribution in [2.75, 3.05) is 26.7 Å². The number of amides is 2. The first-order chi connectivity index (χ1) is 10.5. The first-order valence-corrected chi connectivity index (χ1v) is 7.72. The van der Waals surface area contributed by atoms with Crippen molar-refractivity contribution >= 4 is 11.8 Å². The Kier molecular flexibility index (Phi) is 5.52. The Hall–Kier alpha value is -1.91. The van der Waals surface area contributed by atoms with E-state index < -0.39 is 0 Å². The molecule has 0 unspecified atom stereocenters. The zero-order valence-corrected chi connectivity index (χ0v) is 13.2. The van der Waals surface area contributed by atoms with Gasteiger partial charge in [-0.1, -0.05) is 12.1 Å². The Morgan fingerprint density at radius 3 is 2.64 bits per heavy atom. The van der Waals surface area contributed by atoms with Crippen molar-refractivity contribution in [1.29, 1.82) is 0 Å². The number of rotatable bonds is 4. The van der Waals surface area contributed by atoms with Crippen LogP contribution in [0.25, 0.3) is 0 Å². The van der Waals surface area contributed by atoms with Crippen LogP contribution in [0.2, 0.25) is 0 Å². The zero-order chi connectivity index (χ0) is 16.1. The number of piperidine rings is 1. The molecule has 2 amide bonds. The van der Waals surface area contributed by atoms with Crippen LogP contribution in [-0.4, -0.2) is 48.3 Å². The maximum Gasteiger partial charge on any atom is 0.227 e. The van der Waals surface area contributed by atoms with Gasteiger partial charge in [0.1, 0.15) is 5.82 Å². The Balaban J connectivity index is 1.86. The maximum atomic E-state index is 12.9. The molecule has 0 saturated carbocycles. The quantitative estimate of drug-likeness (QED) is 0.854. The number of nitrogens with zero attached hydrogens (tertiary/aromatic N) is 2. The van der Waals surface area contributed by atoms with Crippen molar-refractivity contribution in [2.24, 2.45) is 5.92 Å². The SMILES string of the molecule is CC(=O)N1CCC[C@@H](C(=O)N(C)CCc2ccc(F)cc2)C1. The highest BCUT2D eigenvalue weighted by atomic mass is 19.1. The summed E-state index contributed by atoms with van der Waals surface area (Å²) in [5.41, 5.74) is 1.01. The molecule has 1 aliphatic rings. The Morgan fingerprint density at radius 1 is 1.32 bits per heavy atom. The van der Waals surface area contributed by atoms with Crippen molar-refractivity contribution in [3.63, 3.8) is 0 Å². The van der Waals surface area contributed by atoms with Gasteiger partial charge in [0, 0.05) is 33.6 Å². The number of hydrogen-bond donors (Lipinski definition) is 0. The van der Waals surface area contributed by atoms with Crippen LogP contribution in [0.15, 0.2) is 24.3 Å². The molecule has 22 heavy (non-hydrogen) atoms. The highest BCUT2D eigenvalue weighted by Gasteiger charge is 2.28. The van der Waals surface area contributed by atoms with E-state index in [4.69, 9.17) is 0 Å². The topological polar surface area (TPSA) is 40.6 Å². The molecule has 0 aromatic heterocycles. The van der Waals surface area contributed by atoms with E-state index in [0.29, 0.717) is 19.5 Å². The molecule has 1 saturated heterocycles. The van der Waals surface area contributed by atoms with Crippen LogP contribution in [0.3, 0.4) is 0 Å². The number of benzene rings is 1. The Labute approximate surface area is 130 Å². The van der Waals surface area contributed by atoms with Gasteiger partial charge in [0.05, 0.1) is 5.92 Å². The molecule has 5 heteroatoms. The third-order valence-corrected chi connectivity index (χ3v) is 4.24. The van der Waals surface area contributed by atoms with Crippen molar-refractivity contribution < 1.29 is 14.0 Å². The lowest BCUT2D eigenvalue weighted by Gasteiger charge is -2.33. The van der Waals surface area contributed by atoms with E-state index in [1.54, 1.807) is 35.9 Å². The molecule has 1 aromatic rings. The van der Waals surface area contributed by atoms with Crippen molar-refractivity contribution in [3.8, 4) is 0 Å². The summed E-state index contributed by atoms with van der Waals surface area (Å²) in [5, 5.41) is 0. The minimum absolute atomic E-state index is 0.0338. The molecule has 0 spiro atoms. The molecule has 2 rings (SSSR count). The van der Waals surface area contributed by atoms with E-state index in [2.05, 4.69) is 0 Å². The van der Waals surface area contributed by atoms with Crippen LogP contribution in [0.4, 0.5) is 4.39 Å². The summed E-state index contributed by atoms with van der Waals surface area (Å²) >= 11 is 0. The molecule has 1 heterocycles. The fourth-order valence-electron chi connectivity index (χ4n) is 2.83. The van der Waals surface area contributed by atoms with Crippen molar-refractivity contribution in [3.05, 3.63) is 35.6 Å². The fourth-order valence-corrected chi connectivity index (χ4v) is 2.83. The van der Waals surface area contributed by atoms with Gasteiger partial charge < -0.3 is 9.80 Å². The molecule has 0 N–H and O–H groups in total. The number of hydrogen-bond acceptors (Lipinski definition) is 2. The van der Waals surface area contributed by atoms with Gasteiger partial charge in [0.15, 0.2) is 0 Å². The van der Waals surface area contributed by atoms with Gasteiger partial charge in [-0.2, -0.15) is 0 Å². The highest BCUT2D eigenvalue weighted by molar-refractivity contribution is 5.80. The van der Waals surface area contributed by atoms with Gasteiger partial charge in [0.25, 0.3) is 0 Å². The highest BCUT2D eigenvalue weighted by Crippen LogP contribution is 2.18. The van der Waals surface area contributed by atoms with Crippen LogP contribution in [0.1, 0.15) is 25.3 Å². The molecular weight excluding hydrogens is 283 g/mol.